The van der Waals surface area contributed by atoms with Crippen molar-refractivity contribution in [3.63, 3.8) is 0 Å². The van der Waals surface area contributed by atoms with Crippen molar-refractivity contribution in [1.82, 2.24) is 4.31 Å². The number of hydrogen-bond donors (Lipinski definition) is 0. The third-order valence-corrected chi connectivity index (χ3v) is 4.62. The van der Waals surface area contributed by atoms with Crippen LogP contribution >= 0.6 is 23.5 Å². The second-order valence-corrected chi connectivity index (χ2v) is 7.16. The van der Waals surface area contributed by atoms with E-state index in [-0.39, 0.29) is 17.2 Å². The van der Waals surface area contributed by atoms with Crippen molar-refractivity contribution in [1.29, 1.82) is 0 Å². The molecule has 1 aliphatic carbocycles. The zero-order chi connectivity index (χ0) is 14.6. The zero-order valence-electron chi connectivity index (χ0n) is 12.1. The van der Waals surface area contributed by atoms with Gasteiger partial charge in [0.25, 0.3) is 5.91 Å². The molecule has 4 heteroatoms. The van der Waals surface area contributed by atoms with Gasteiger partial charge in [0.15, 0.2) is 0 Å². The van der Waals surface area contributed by atoms with E-state index in [1.165, 1.54) is 17.5 Å². The molecule has 106 valence electrons. The molecule has 0 aromatic carbocycles. The molecule has 2 nitrogen and oxygen atoms in total. The maximum Gasteiger partial charge on any atom is 0.251 e. The average molecular weight is 300 g/mol. The van der Waals surface area contributed by atoms with Crippen LogP contribution in [-0.4, -0.2) is 28.4 Å². The Balaban J connectivity index is 2.82. The van der Waals surface area contributed by atoms with Crippen molar-refractivity contribution in [3.8, 4) is 12.3 Å². The number of hydrogen-bond acceptors (Lipinski definition) is 2. The lowest BCUT2D eigenvalue weighted by Crippen LogP contribution is -2.38. The number of terminal acetylenes is 1. The van der Waals surface area contributed by atoms with Gasteiger partial charge in [-0.05, 0) is 37.1 Å². The lowest BCUT2D eigenvalue weighted by atomic mass is 9.72. The van der Waals surface area contributed by atoms with E-state index in [2.05, 4.69) is 32.8 Å². The third kappa shape index (κ3) is 4.47. The summed E-state index contributed by atoms with van der Waals surface area (Å²) in [5.74, 6) is 2.50. The molecule has 0 bridgehead atoms. The number of carbonyl (C=O) groups excluding carboxylic acids is 1. The molecule has 0 radical (unpaired) electrons. The summed E-state index contributed by atoms with van der Waals surface area (Å²) in [6.45, 7) is 6.84. The van der Waals surface area contributed by atoms with Gasteiger partial charge in [-0.25, -0.2) is 0 Å². The van der Waals surface area contributed by atoms with Gasteiger partial charge >= 0.3 is 0 Å². The number of halogens is 1. The van der Waals surface area contributed by atoms with Gasteiger partial charge in [0.1, 0.15) is 5.38 Å². The number of nitrogens with zero attached hydrogens (tertiary/aromatic N) is 1. The van der Waals surface area contributed by atoms with E-state index in [9.17, 15) is 4.79 Å². The average Bonchev–Trinajstić information content (AvgIpc) is 2.31. The standard InChI is InChI=1S/C15H22ClNOS/c1-6-7-17(19-5)14(18)13(16)12-8-11(2)9-15(3,4)10-12/h1,8,12-13H,7,9-10H2,2-5H3. The molecule has 0 spiro atoms. The highest BCUT2D eigenvalue weighted by molar-refractivity contribution is 7.96. The Morgan fingerprint density at radius 1 is 1.74 bits per heavy atom. The topological polar surface area (TPSA) is 20.3 Å². The smallest absolute Gasteiger partial charge is 0.251 e. The molecule has 1 aliphatic rings. The number of carbonyl (C=O) groups is 1. The number of rotatable bonds is 4. The first kappa shape index (κ1) is 16.5. The van der Waals surface area contributed by atoms with E-state index in [4.69, 9.17) is 18.0 Å². The van der Waals surface area contributed by atoms with Crippen LogP contribution in [0.1, 0.15) is 33.6 Å². The molecule has 0 fully saturated rings. The summed E-state index contributed by atoms with van der Waals surface area (Å²) in [4.78, 5) is 12.3. The maximum absolute atomic E-state index is 12.3. The molecule has 19 heavy (non-hydrogen) atoms. The predicted octanol–water partition coefficient (Wildman–Crippen LogP) is 3.72. The molecule has 1 amide bonds. The quantitative estimate of drug-likeness (QED) is 0.341. The van der Waals surface area contributed by atoms with Crippen LogP contribution in [-0.2, 0) is 4.79 Å². The highest BCUT2D eigenvalue weighted by Gasteiger charge is 2.35. The van der Waals surface area contributed by atoms with Gasteiger partial charge in [0, 0.05) is 12.2 Å². The second-order valence-electron chi connectivity index (χ2n) is 5.89. The van der Waals surface area contributed by atoms with Crippen LogP contribution < -0.4 is 0 Å². The van der Waals surface area contributed by atoms with Crippen LogP contribution in [0.3, 0.4) is 0 Å². The summed E-state index contributed by atoms with van der Waals surface area (Å²) in [6.07, 6.45) is 11.3. The summed E-state index contributed by atoms with van der Waals surface area (Å²) in [6, 6.07) is 0. The molecular formula is C15H22ClNOS. The maximum atomic E-state index is 12.3. The highest BCUT2D eigenvalue weighted by Crippen LogP contribution is 2.40. The largest absolute Gasteiger partial charge is 0.273 e. The van der Waals surface area contributed by atoms with Crippen molar-refractivity contribution in [2.45, 2.75) is 39.0 Å². The normalized spacial score (nSPS) is 23.2. The fraction of sp³-hybridized carbons (Fsp3) is 0.667. The summed E-state index contributed by atoms with van der Waals surface area (Å²) < 4.78 is 1.56. The van der Waals surface area contributed by atoms with E-state index in [0.717, 1.165) is 12.8 Å². The lowest BCUT2D eigenvalue weighted by molar-refractivity contribution is -0.126. The van der Waals surface area contributed by atoms with Crippen LogP contribution in [0.5, 0.6) is 0 Å². The fourth-order valence-electron chi connectivity index (χ4n) is 2.77. The van der Waals surface area contributed by atoms with E-state index in [0.29, 0.717) is 6.54 Å². The van der Waals surface area contributed by atoms with Crippen molar-refractivity contribution < 1.29 is 4.79 Å². The van der Waals surface area contributed by atoms with Gasteiger partial charge < -0.3 is 0 Å². The Labute approximate surface area is 126 Å². The van der Waals surface area contributed by atoms with Crippen molar-refractivity contribution in [3.05, 3.63) is 11.6 Å². The molecule has 0 saturated carbocycles. The Morgan fingerprint density at radius 3 is 2.84 bits per heavy atom. The summed E-state index contributed by atoms with van der Waals surface area (Å²) >= 11 is 7.73. The number of amides is 1. The molecule has 0 aliphatic heterocycles. The predicted molar refractivity (Wildman–Crippen MR) is 84.0 cm³/mol. The lowest BCUT2D eigenvalue weighted by Gasteiger charge is -2.36. The van der Waals surface area contributed by atoms with Gasteiger partial charge in [-0.1, -0.05) is 31.4 Å². The Kier molecular flexibility index (Phi) is 5.82. The van der Waals surface area contributed by atoms with Crippen molar-refractivity contribution in [2.75, 3.05) is 12.8 Å². The molecule has 0 aromatic rings. The SMILES string of the molecule is C#CCN(SC)C(=O)C(Cl)C1C=C(C)CC(C)(C)C1. The fourth-order valence-corrected chi connectivity index (χ4v) is 3.61. The minimum Gasteiger partial charge on any atom is -0.273 e. The van der Waals surface area contributed by atoms with E-state index >= 15 is 0 Å². The van der Waals surface area contributed by atoms with Gasteiger partial charge in [0.05, 0.1) is 6.54 Å². The summed E-state index contributed by atoms with van der Waals surface area (Å²) in [7, 11) is 0. The molecule has 1 rings (SSSR count). The molecular weight excluding hydrogens is 278 g/mol. The van der Waals surface area contributed by atoms with Crippen LogP contribution in [0.25, 0.3) is 0 Å². The van der Waals surface area contributed by atoms with Crippen LogP contribution in [0, 0.1) is 23.7 Å². The molecule has 2 unspecified atom stereocenters. The molecule has 0 N–H and O–H groups in total. The first-order valence-electron chi connectivity index (χ1n) is 6.41. The van der Waals surface area contributed by atoms with Gasteiger partial charge in [-0.15, -0.1) is 18.0 Å². The van der Waals surface area contributed by atoms with Gasteiger partial charge in [0.2, 0.25) is 0 Å². The third-order valence-electron chi connectivity index (χ3n) is 3.36. The Morgan fingerprint density at radius 2 is 2.37 bits per heavy atom. The van der Waals surface area contributed by atoms with E-state index in [1.807, 2.05) is 6.26 Å². The Hall–Kier alpha value is -0.590. The Bertz CT molecular complexity index is 411. The molecule has 0 aromatic heterocycles. The molecule has 0 heterocycles. The monoisotopic (exact) mass is 299 g/mol. The zero-order valence-corrected chi connectivity index (χ0v) is 13.6. The molecule has 2 atom stereocenters. The van der Waals surface area contributed by atoms with E-state index in [1.54, 1.807) is 4.31 Å². The van der Waals surface area contributed by atoms with Crippen LogP contribution in [0.15, 0.2) is 11.6 Å². The summed E-state index contributed by atoms with van der Waals surface area (Å²) in [5, 5.41) is -0.532. The minimum atomic E-state index is -0.532. The van der Waals surface area contributed by atoms with Gasteiger partial charge in [-0.2, -0.15) is 0 Å². The van der Waals surface area contributed by atoms with E-state index < -0.39 is 5.38 Å². The number of allylic oxidation sites excluding steroid dienone is 2. The first-order chi connectivity index (χ1) is 8.80. The highest BCUT2D eigenvalue weighted by atomic mass is 35.5. The second kappa shape index (κ2) is 6.72. The van der Waals surface area contributed by atoms with Crippen LogP contribution in [0.2, 0.25) is 0 Å². The minimum absolute atomic E-state index is 0.0844. The van der Waals surface area contributed by atoms with Crippen molar-refractivity contribution >= 4 is 29.5 Å². The first-order valence-corrected chi connectivity index (χ1v) is 8.03. The van der Waals surface area contributed by atoms with Gasteiger partial charge in [-0.3, -0.25) is 9.10 Å². The summed E-state index contributed by atoms with van der Waals surface area (Å²) in [5.41, 5.74) is 1.51. The van der Waals surface area contributed by atoms with Crippen molar-refractivity contribution in [2.24, 2.45) is 11.3 Å². The van der Waals surface area contributed by atoms with Crippen LogP contribution in [0.4, 0.5) is 0 Å². The number of alkyl halides is 1. The molecule has 0 saturated heterocycles.